The number of furan rings is 1. The molecule has 0 N–H and O–H groups in total. The fourth-order valence-electron chi connectivity index (χ4n) is 7.21. The second kappa shape index (κ2) is 11.0. The van der Waals surface area contributed by atoms with Gasteiger partial charge in [-0.15, -0.1) is 0 Å². The molecule has 0 amide bonds. The number of nitrogens with zero attached hydrogens (tertiary/aromatic N) is 3. The summed E-state index contributed by atoms with van der Waals surface area (Å²) in [6.45, 7) is 0. The molecule has 0 unspecified atom stereocenters. The lowest BCUT2D eigenvalue weighted by Crippen LogP contribution is -2.00. The van der Waals surface area contributed by atoms with Crippen LogP contribution in [0.25, 0.3) is 99.5 Å². The van der Waals surface area contributed by atoms with Gasteiger partial charge in [0, 0.05) is 27.5 Å². The molecule has 0 bridgehead atoms. The van der Waals surface area contributed by atoms with Gasteiger partial charge in [0.05, 0.1) is 0 Å². The van der Waals surface area contributed by atoms with Gasteiger partial charge in [-0.1, -0.05) is 140 Å². The second-order valence-electron chi connectivity index (χ2n) is 12.4. The summed E-state index contributed by atoms with van der Waals surface area (Å²) in [6.07, 6.45) is 0. The highest BCUT2D eigenvalue weighted by atomic mass is 16.3. The Morgan fingerprint density at radius 1 is 0.327 bits per heavy atom. The fraction of sp³-hybridized carbons (Fsp3) is 0. The first-order chi connectivity index (χ1) is 24.3. The lowest BCUT2D eigenvalue weighted by molar-refractivity contribution is 0.669. The Morgan fingerprint density at radius 3 is 1.76 bits per heavy atom. The molecule has 4 heteroatoms. The Hall–Kier alpha value is -6.65. The summed E-state index contributed by atoms with van der Waals surface area (Å²) in [6, 6.07) is 57.0. The minimum absolute atomic E-state index is 0.608. The predicted molar refractivity (Wildman–Crippen MR) is 201 cm³/mol. The summed E-state index contributed by atoms with van der Waals surface area (Å²) in [5.41, 5.74) is 6.84. The number of hydrogen-bond acceptors (Lipinski definition) is 4. The molecule has 228 valence electrons. The Balaban J connectivity index is 1.24. The summed E-state index contributed by atoms with van der Waals surface area (Å²) in [5.74, 6) is 1.86. The summed E-state index contributed by atoms with van der Waals surface area (Å²) in [7, 11) is 0. The van der Waals surface area contributed by atoms with Crippen LogP contribution in [0.3, 0.4) is 0 Å². The zero-order valence-electron chi connectivity index (χ0n) is 26.3. The van der Waals surface area contributed by atoms with Crippen LogP contribution in [-0.4, -0.2) is 15.0 Å². The van der Waals surface area contributed by atoms with Crippen molar-refractivity contribution in [3.8, 4) is 45.3 Å². The molecule has 2 aromatic heterocycles. The number of rotatable bonds is 4. The average Bonchev–Trinajstić information content (AvgIpc) is 3.57. The standard InChI is InChI=1S/C45H27N3O/c1-3-12-28(13-4-1)38-27-39-34(32-16-7-8-17-33(32)38)25-24-29-22-23-31(26-37(29)39)44-46-43(30-14-5-2-6-15-30)47-45(48-44)36-19-11-21-41-42(36)35-18-9-10-20-40(35)49-41/h1-27H. The van der Waals surface area contributed by atoms with Crippen LogP contribution < -0.4 is 0 Å². The molecule has 0 aliphatic heterocycles. The maximum absolute atomic E-state index is 6.23. The van der Waals surface area contributed by atoms with E-state index in [-0.39, 0.29) is 0 Å². The molecule has 0 saturated heterocycles. The lowest BCUT2D eigenvalue weighted by Gasteiger charge is -2.14. The number of para-hydroxylation sites is 1. The van der Waals surface area contributed by atoms with E-state index in [1.54, 1.807) is 0 Å². The molecule has 10 aromatic rings. The van der Waals surface area contributed by atoms with Gasteiger partial charge in [0.2, 0.25) is 0 Å². The van der Waals surface area contributed by atoms with Gasteiger partial charge in [-0.05, 0) is 67.7 Å². The first-order valence-electron chi connectivity index (χ1n) is 16.4. The first kappa shape index (κ1) is 27.5. The highest BCUT2D eigenvalue weighted by Crippen LogP contribution is 2.40. The van der Waals surface area contributed by atoms with Crippen LogP contribution in [0.5, 0.6) is 0 Å². The molecular weight excluding hydrogens is 599 g/mol. The molecule has 49 heavy (non-hydrogen) atoms. The summed E-state index contributed by atoms with van der Waals surface area (Å²) in [5, 5.41) is 9.26. The van der Waals surface area contributed by atoms with Gasteiger partial charge in [0.15, 0.2) is 17.5 Å². The van der Waals surface area contributed by atoms with Gasteiger partial charge in [-0.2, -0.15) is 0 Å². The zero-order valence-corrected chi connectivity index (χ0v) is 26.3. The molecule has 0 fully saturated rings. The van der Waals surface area contributed by atoms with Crippen LogP contribution in [0, 0.1) is 0 Å². The van der Waals surface area contributed by atoms with E-state index in [1.165, 1.54) is 32.7 Å². The molecule has 0 aliphatic carbocycles. The number of benzene rings is 8. The zero-order chi connectivity index (χ0) is 32.3. The molecule has 2 heterocycles. The molecule has 0 spiro atoms. The quantitative estimate of drug-likeness (QED) is 0.183. The highest BCUT2D eigenvalue weighted by Gasteiger charge is 2.18. The van der Waals surface area contributed by atoms with Gasteiger partial charge >= 0.3 is 0 Å². The van der Waals surface area contributed by atoms with Crippen molar-refractivity contribution in [1.29, 1.82) is 0 Å². The van der Waals surface area contributed by atoms with Crippen LogP contribution >= 0.6 is 0 Å². The molecule has 0 aliphatic rings. The highest BCUT2D eigenvalue weighted by molar-refractivity contribution is 6.21. The Labute approximate surface area is 282 Å². The Bertz CT molecular complexity index is 2880. The lowest BCUT2D eigenvalue weighted by atomic mass is 9.90. The summed E-state index contributed by atoms with van der Waals surface area (Å²) < 4.78 is 6.23. The van der Waals surface area contributed by atoms with E-state index in [2.05, 4.69) is 103 Å². The van der Waals surface area contributed by atoms with Gasteiger partial charge in [-0.3, -0.25) is 0 Å². The normalized spacial score (nSPS) is 11.7. The first-order valence-corrected chi connectivity index (χ1v) is 16.4. The van der Waals surface area contributed by atoms with E-state index in [1.807, 2.05) is 60.7 Å². The van der Waals surface area contributed by atoms with E-state index in [9.17, 15) is 0 Å². The van der Waals surface area contributed by atoms with E-state index in [4.69, 9.17) is 19.4 Å². The van der Waals surface area contributed by atoms with Crippen molar-refractivity contribution in [1.82, 2.24) is 15.0 Å². The van der Waals surface area contributed by atoms with E-state index in [0.717, 1.165) is 49.4 Å². The van der Waals surface area contributed by atoms with Gasteiger partial charge in [0.25, 0.3) is 0 Å². The van der Waals surface area contributed by atoms with Gasteiger partial charge < -0.3 is 4.42 Å². The van der Waals surface area contributed by atoms with Crippen LogP contribution in [0.4, 0.5) is 0 Å². The van der Waals surface area contributed by atoms with E-state index in [0.29, 0.717) is 17.5 Å². The van der Waals surface area contributed by atoms with E-state index >= 15 is 0 Å². The summed E-state index contributed by atoms with van der Waals surface area (Å²) >= 11 is 0. The maximum Gasteiger partial charge on any atom is 0.164 e. The van der Waals surface area contributed by atoms with Crippen LogP contribution in [-0.2, 0) is 0 Å². The molecule has 0 radical (unpaired) electrons. The molecule has 0 atom stereocenters. The van der Waals surface area contributed by atoms with Crippen LogP contribution in [0.15, 0.2) is 168 Å². The van der Waals surface area contributed by atoms with Crippen molar-refractivity contribution in [2.24, 2.45) is 0 Å². The number of aromatic nitrogens is 3. The summed E-state index contributed by atoms with van der Waals surface area (Å²) in [4.78, 5) is 15.3. The molecule has 0 saturated carbocycles. The van der Waals surface area contributed by atoms with Crippen molar-refractivity contribution in [2.45, 2.75) is 0 Å². The predicted octanol–water partition coefficient (Wildman–Crippen LogP) is 11.9. The largest absolute Gasteiger partial charge is 0.456 e. The van der Waals surface area contributed by atoms with Gasteiger partial charge in [0.1, 0.15) is 11.2 Å². The van der Waals surface area contributed by atoms with Crippen LogP contribution in [0.1, 0.15) is 0 Å². The van der Waals surface area contributed by atoms with Crippen molar-refractivity contribution >= 4 is 54.3 Å². The van der Waals surface area contributed by atoms with Crippen molar-refractivity contribution in [3.63, 3.8) is 0 Å². The fourth-order valence-corrected chi connectivity index (χ4v) is 7.21. The number of hydrogen-bond donors (Lipinski definition) is 0. The van der Waals surface area contributed by atoms with E-state index < -0.39 is 0 Å². The van der Waals surface area contributed by atoms with Crippen molar-refractivity contribution in [2.75, 3.05) is 0 Å². The van der Waals surface area contributed by atoms with Crippen molar-refractivity contribution < 1.29 is 4.42 Å². The third-order valence-electron chi connectivity index (χ3n) is 9.51. The average molecular weight is 626 g/mol. The smallest absolute Gasteiger partial charge is 0.164 e. The molecule has 8 aromatic carbocycles. The Morgan fingerprint density at radius 2 is 0.939 bits per heavy atom. The topological polar surface area (TPSA) is 51.8 Å². The van der Waals surface area contributed by atoms with Crippen LogP contribution in [0.2, 0.25) is 0 Å². The molecule has 4 nitrogen and oxygen atoms in total. The monoisotopic (exact) mass is 625 g/mol. The van der Waals surface area contributed by atoms with Crippen molar-refractivity contribution in [3.05, 3.63) is 164 Å². The minimum Gasteiger partial charge on any atom is -0.456 e. The third kappa shape index (κ3) is 4.49. The SMILES string of the molecule is c1ccc(-c2nc(-c3ccc4ccc5c6ccccc6c(-c6ccccc6)cc5c4c3)nc(-c3cccc4oc5ccccc5c34)n2)cc1. The minimum atomic E-state index is 0.608. The third-order valence-corrected chi connectivity index (χ3v) is 9.51. The second-order valence-corrected chi connectivity index (χ2v) is 12.4. The number of fused-ring (bicyclic) bond motifs is 8. The van der Waals surface area contributed by atoms with Gasteiger partial charge in [-0.25, -0.2) is 15.0 Å². The Kier molecular flexibility index (Phi) is 6.15. The maximum atomic E-state index is 6.23. The molecule has 10 rings (SSSR count). The molecular formula is C45H27N3O.